The van der Waals surface area contributed by atoms with Crippen molar-refractivity contribution < 1.29 is 15.0 Å². The van der Waals surface area contributed by atoms with Crippen molar-refractivity contribution in [1.29, 1.82) is 0 Å². The third-order valence-corrected chi connectivity index (χ3v) is 2.26. The number of nitrogens with zero attached hydrogens (tertiary/aromatic N) is 1. The Morgan fingerprint density at radius 2 is 1.93 bits per heavy atom. The second-order valence-corrected chi connectivity index (χ2v) is 3.30. The molecule has 0 spiro atoms. The molecular formula is C11H9NO3. The van der Waals surface area contributed by atoms with Crippen LogP contribution in [0.1, 0.15) is 16.1 Å². The van der Waals surface area contributed by atoms with Crippen molar-refractivity contribution in [2.24, 2.45) is 0 Å². The molecule has 0 amide bonds. The number of phenols is 1. The summed E-state index contributed by atoms with van der Waals surface area (Å²) in [5, 5.41) is 19.2. The van der Waals surface area contributed by atoms with E-state index in [9.17, 15) is 9.90 Å². The summed E-state index contributed by atoms with van der Waals surface area (Å²) in [6, 6.07) is 6.60. The van der Waals surface area contributed by atoms with E-state index < -0.39 is 5.97 Å². The summed E-state index contributed by atoms with van der Waals surface area (Å²) >= 11 is 0. The minimum atomic E-state index is -1.10. The van der Waals surface area contributed by atoms with E-state index in [0.29, 0.717) is 11.1 Å². The fraction of sp³-hybridized carbons (Fsp3) is 0.0909. The molecule has 1 heterocycles. The molecule has 2 aromatic rings. The van der Waals surface area contributed by atoms with E-state index in [1.165, 1.54) is 6.07 Å². The topological polar surface area (TPSA) is 70.4 Å². The number of aromatic nitrogens is 1. The first kappa shape index (κ1) is 9.45. The fourth-order valence-electron chi connectivity index (χ4n) is 1.39. The summed E-state index contributed by atoms with van der Waals surface area (Å²) in [5.41, 5.74) is 0.941. The van der Waals surface area contributed by atoms with Gasteiger partial charge in [0.2, 0.25) is 0 Å². The lowest BCUT2D eigenvalue weighted by atomic mass is 10.1. The summed E-state index contributed by atoms with van der Waals surface area (Å²) < 4.78 is 0. The number of aryl methyl sites for hydroxylation is 1. The molecule has 0 bridgehead atoms. The number of benzene rings is 1. The maximum atomic E-state index is 10.7. The predicted molar refractivity (Wildman–Crippen MR) is 55.1 cm³/mol. The zero-order valence-electron chi connectivity index (χ0n) is 8.06. The van der Waals surface area contributed by atoms with Gasteiger partial charge in [0.1, 0.15) is 17.0 Å². The van der Waals surface area contributed by atoms with E-state index >= 15 is 0 Å². The normalized spacial score (nSPS) is 10.5. The lowest BCUT2D eigenvalue weighted by molar-refractivity contribution is 0.0691. The number of hydrogen-bond donors (Lipinski definition) is 2. The van der Waals surface area contributed by atoms with Crippen LogP contribution in [0.4, 0.5) is 0 Å². The SMILES string of the molecule is Cc1ccc2ccc(C(=O)O)nc2c1O. The molecule has 0 aliphatic heterocycles. The fourth-order valence-corrected chi connectivity index (χ4v) is 1.39. The Labute approximate surface area is 85.8 Å². The Hall–Kier alpha value is -2.10. The number of carbonyl (C=O) groups is 1. The molecule has 0 unspecified atom stereocenters. The minimum Gasteiger partial charge on any atom is -0.505 e. The molecule has 0 radical (unpaired) electrons. The van der Waals surface area contributed by atoms with Crippen LogP contribution in [0, 0.1) is 6.92 Å². The van der Waals surface area contributed by atoms with Gasteiger partial charge in [-0.05, 0) is 18.6 Å². The van der Waals surface area contributed by atoms with E-state index in [-0.39, 0.29) is 11.4 Å². The van der Waals surface area contributed by atoms with Crippen LogP contribution in [0.15, 0.2) is 24.3 Å². The van der Waals surface area contributed by atoms with E-state index in [1.807, 2.05) is 0 Å². The summed E-state index contributed by atoms with van der Waals surface area (Å²) in [6.45, 7) is 1.74. The van der Waals surface area contributed by atoms with Gasteiger partial charge in [-0.25, -0.2) is 9.78 Å². The molecular weight excluding hydrogens is 194 g/mol. The Morgan fingerprint density at radius 1 is 1.27 bits per heavy atom. The number of carboxylic acids is 1. The van der Waals surface area contributed by atoms with Gasteiger partial charge in [-0.3, -0.25) is 0 Å². The van der Waals surface area contributed by atoms with Crippen molar-refractivity contribution in [3.05, 3.63) is 35.5 Å². The summed E-state index contributed by atoms with van der Waals surface area (Å²) in [5.74, 6) is -1.06. The number of hydrogen-bond acceptors (Lipinski definition) is 3. The van der Waals surface area contributed by atoms with Crippen LogP contribution in [0.2, 0.25) is 0 Å². The van der Waals surface area contributed by atoms with Crippen LogP contribution in [0.5, 0.6) is 5.75 Å². The Morgan fingerprint density at radius 3 is 2.60 bits per heavy atom. The highest BCUT2D eigenvalue weighted by atomic mass is 16.4. The predicted octanol–water partition coefficient (Wildman–Crippen LogP) is 1.95. The number of aromatic carboxylic acids is 1. The molecule has 0 saturated carbocycles. The minimum absolute atomic E-state index is 0.0376. The van der Waals surface area contributed by atoms with Gasteiger partial charge in [-0.1, -0.05) is 18.2 Å². The average molecular weight is 203 g/mol. The average Bonchev–Trinajstić information content (AvgIpc) is 2.23. The Bertz CT molecular complexity index is 549. The Kier molecular flexibility index (Phi) is 2.04. The van der Waals surface area contributed by atoms with Crippen molar-refractivity contribution in [3.8, 4) is 5.75 Å². The van der Waals surface area contributed by atoms with Crippen molar-refractivity contribution in [2.45, 2.75) is 6.92 Å². The maximum absolute atomic E-state index is 10.7. The smallest absolute Gasteiger partial charge is 0.354 e. The van der Waals surface area contributed by atoms with Crippen LogP contribution >= 0.6 is 0 Å². The van der Waals surface area contributed by atoms with Crippen LogP contribution in [0.3, 0.4) is 0 Å². The summed E-state index contributed by atoms with van der Waals surface area (Å²) in [4.78, 5) is 14.6. The molecule has 2 rings (SSSR count). The van der Waals surface area contributed by atoms with E-state index in [1.54, 1.807) is 25.1 Å². The monoisotopic (exact) mass is 203 g/mol. The molecule has 76 valence electrons. The van der Waals surface area contributed by atoms with Crippen molar-refractivity contribution in [3.63, 3.8) is 0 Å². The molecule has 4 nitrogen and oxygen atoms in total. The lowest BCUT2D eigenvalue weighted by Crippen LogP contribution is -1.99. The first-order valence-electron chi connectivity index (χ1n) is 4.42. The van der Waals surface area contributed by atoms with Crippen LogP contribution in [-0.4, -0.2) is 21.2 Å². The lowest BCUT2D eigenvalue weighted by Gasteiger charge is -2.03. The third kappa shape index (κ3) is 1.50. The number of rotatable bonds is 1. The number of aromatic hydroxyl groups is 1. The highest BCUT2D eigenvalue weighted by Gasteiger charge is 2.09. The highest BCUT2D eigenvalue weighted by molar-refractivity contribution is 5.92. The van der Waals surface area contributed by atoms with E-state index in [0.717, 1.165) is 5.39 Å². The maximum Gasteiger partial charge on any atom is 0.354 e. The van der Waals surface area contributed by atoms with Gasteiger partial charge in [-0.15, -0.1) is 0 Å². The molecule has 15 heavy (non-hydrogen) atoms. The number of fused-ring (bicyclic) bond motifs is 1. The molecule has 0 atom stereocenters. The zero-order chi connectivity index (χ0) is 11.0. The molecule has 0 fully saturated rings. The molecule has 0 aliphatic carbocycles. The number of carboxylic acid groups (broad SMARTS) is 1. The number of phenolic OH excluding ortho intramolecular Hbond substituents is 1. The first-order valence-corrected chi connectivity index (χ1v) is 4.42. The quantitative estimate of drug-likeness (QED) is 0.743. The zero-order valence-corrected chi connectivity index (χ0v) is 8.06. The van der Waals surface area contributed by atoms with Gasteiger partial charge in [0.25, 0.3) is 0 Å². The largest absolute Gasteiger partial charge is 0.505 e. The van der Waals surface area contributed by atoms with Crippen LogP contribution in [-0.2, 0) is 0 Å². The molecule has 4 heteroatoms. The number of pyridine rings is 1. The summed E-state index contributed by atoms with van der Waals surface area (Å²) in [6.07, 6.45) is 0. The second-order valence-electron chi connectivity index (χ2n) is 3.30. The highest BCUT2D eigenvalue weighted by Crippen LogP contribution is 2.26. The van der Waals surface area contributed by atoms with Gasteiger partial charge >= 0.3 is 5.97 Å². The Balaban J connectivity index is 2.79. The van der Waals surface area contributed by atoms with Gasteiger partial charge in [0, 0.05) is 5.39 Å². The molecule has 0 saturated heterocycles. The standard InChI is InChI=1S/C11H9NO3/c1-6-2-3-7-4-5-8(11(14)15)12-9(7)10(6)13/h2-5,13H,1H3,(H,14,15). The van der Waals surface area contributed by atoms with Crippen molar-refractivity contribution >= 4 is 16.9 Å². The van der Waals surface area contributed by atoms with Crippen molar-refractivity contribution in [1.82, 2.24) is 4.98 Å². The molecule has 1 aromatic carbocycles. The van der Waals surface area contributed by atoms with Gasteiger partial charge < -0.3 is 10.2 Å². The van der Waals surface area contributed by atoms with E-state index in [4.69, 9.17) is 5.11 Å². The van der Waals surface area contributed by atoms with Gasteiger partial charge in [0.05, 0.1) is 0 Å². The van der Waals surface area contributed by atoms with Crippen molar-refractivity contribution in [2.75, 3.05) is 0 Å². The van der Waals surface area contributed by atoms with Gasteiger partial charge in [-0.2, -0.15) is 0 Å². The van der Waals surface area contributed by atoms with Crippen LogP contribution < -0.4 is 0 Å². The molecule has 2 N–H and O–H groups in total. The third-order valence-electron chi connectivity index (χ3n) is 2.26. The van der Waals surface area contributed by atoms with Crippen LogP contribution in [0.25, 0.3) is 10.9 Å². The second kappa shape index (κ2) is 3.24. The summed E-state index contributed by atoms with van der Waals surface area (Å²) in [7, 11) is 0. The van der Waals surface area contributed by atoms with E-state index in [2.05, 4.69) is 4.98 Å². The van der Waals surface area contributed by atoms with Gasteiger partial charge in [0.15, 0.2) is 0 Å². The first-order chi connectivity index (χ1) is 7.09. The molecule has 1 aromatic heterocycles. The molecule has 0 aliphatic rings.